The highest BCUT2D eigenvalue weighted by atomic mass is 32.2. The second-order valence-corrected chi connectivity index (χ2v) is 7.28. The van der Waals surface area contributed by atoms with E-state index in [1.807, 2.05) is 19.1 Å². The van der Waals surface area contributed by atoms with E-state index in [-0.39, 0.29) is 22.4 Å². The highest BCUT2D eigenvalue weighted by molar-refractivity contribution is 7.99. The van der Waals surface area contributed by atoms with Crippen molar-refractivity contribution >= 4 is 28.4 Å². The van der Waals surface area contributed by atoms with Crippen molar-refractivity contribution in [3.63, 3.8) is 0 Å². The highest BCUT2D eigenvalue weighted by Gasteiger charge is 2.19. The number of benzene rings is 2. The third kappa shape index (κ3) is 3.25. The fraction of sp³-hybridized carbons (Fsp3) is 0.111. The summed E-state index contributed by atoms with van der Waals surface area (Å²) >= 11 is 1.31. The third-order valence-electron chi connectivity index (χ3n) is 4.19. The lowest BCUT2D eigenvalue weighted by Gasteiger charge is -2.15. The van der Waals surface area contributed by atoms with E-state index in [9.17, 15) is 14.9 Å². The molecule has 10 heteroatoms. The molecule has 28 heavy (non-hydrogen) atoms. The first kappa shape index (κ1) is 17.9. The average Bonchev–Trinajstić information content (AvgIpc) is 3.22. The minimum atomic E-state index is -0.431. The lowest BCUT2D eigenvalue weighted by Crippen LogP contribution is -2.23. The van der Waals surface area contributed by atoms with Crippen LogP contribution in [-0.4, -0.2) is 29.7 Å². The molecule has 0 aliphatic heterocycles. The summed E-state index contributed by atoms with van der Waals surface area (Å²) in [6.45, 7) is 1.90. The fourth-order valence-electron chi connectivity index (χ4n) is 2.80. The number of aromatic amines is 1. The zero-order chi connectivity index (χ0) is 19.7. The van der Waals surface area contributed by atoms with E-state index >= 15 is 0 Å². The van der Waals surface area contributed by atoms with E-state index in [0.717, 1.165) is 5.56 Å². The number of hydrogen-bond donors (Lipinski definition) is 1. The maximum absolute atomic E-state index is 13.0. The lowest BCUT2D eigenvalue weighted by atomic mass is 10.1. The quantitative estimate of drug-likeness (QED) is 0.239. The fourth-order valence-corrected chi connectivity index (χ4v) is 3.83. The largest absolute Gasteiger partial charge is 0.269 e. The summed E-state index contributed by atoms with van der Waals surface area (Å²) in [5, 5.41) is 18.3. The van der Waals surface area contributed by atoms with E-state index in [2.05, 4.69) is 20.2 Å². The van der Waals surface area contributed by atoms with Gasteiger partial charge >= 0.3 is 0 Å². The van der Waals surface area contributed by atoms with Gasteiger partial charge in [0.1, 0.15) is 6.33 Å². The van der Waals surface area contributed by atoms with Crippen LogP contribution in [0.1, 0.15) is 17.7 Å². The number of nitro groups is 1. The summed E-state index contributed by atoms with van der Waals surface area (Å²) in [6, 6.07) is 13.5. The minimum absolute atomic E-state index is 0.0176. The van der Waals surface area contributed by atoms with E-state index in [1.165, 1.54) is 34.8 Å². The number of hydrogen-bond acceptors (Lipinski definition) is 7. The van der Waals surface area contributed by atoms with Crippen molar-refractivity contribution in [2.75, 3.05) is 0 Å². The molecule has 1 atom stereocenters. The molecule has 0 unspecified atom stereocenters. The molecule has 2 aromatic heterocycles. The van der Waals surface area contributed by atoms with Crippen molar-refractivity contribution in [1.82, 2.24) is 24.7 Å². The van der Waals surface area contributed by atoms with Crippen LogP contribution in [0.3, 0.4) is 0 Å². The lowest BCUT2D eigenvalue weighted by molar-refractivity contribution is -0.384. The van der Waals surface area contributed by atoms with Gasteiger partial charge in [-0.15, -0.1) is 0 Å². The van der Waals surface area contributed by atoms with Crippen LogP contribution < -0.4 is 5.56 Å². The van der Waals surface area contributed by atoms with Crippen LogP contribution in [0.5, 0.6) is 0 Å². The third-order valence-corrected chi connectivity index (χ3v) is 5.30. The molecule has 0 bridgehead atoms. The molecule has 0 saturated carbocycles. The van der Waals surface area contributed by atoms with Crippen LogP contribution in [0, 0.1) is 10.1 Å². The van der Waals surface area contributed by atoms with Crippen LogP contribution in [0.2, 0.25) is 0 Å². The van der Waals surface area contributed by atoms with Gasteiger partial charge in [0.05, 0.1) is 15.8 Å². The van der Waals surface area contributed by atoms with Gasteiger partial charge in [-0.1, -0.05) is 36.0 Å². The zero-order valence-electron chi connectivity index (χ0n) is 14.6. The predicted octanol–water partition coefficient (Wildman–Crippen LogP) is 3.27. The summed E-state index contributed by atoms with van der Waals surface area (Å²) in [5.74, 6) is 0.261. The van der Waals surface area contributed by atoms with Gasteiger partial charge in [0.2, 0.25) is 5.95 Å². The Hall–Kier alpha value is -3.53. The average molecular weight is 394 g/mol. The first-order chi connectivity index (χ1) is 13.5. The molecule has 0 saturated heterocycles. The van der Waals surface area contributed by atoms with Crippen molar-refractivity contribution < 1.29 is 4.92 Å². The number of nitrogens with zero attached hydrogens (tertiary/aromatic N) is 5. The molecular weight excluding hydrogens is 380 g/mol. The van der Waals surface area contributed by atoms with Gasteiger partial charge in [-0.25, -0.2) is 14.6 Å². The maximum Gasteiger partial charge on any atom is 0.269 e. The van der Waals surface area contributed by atoms with Gasteiger partial charge < -0.3 is 0 Å². The van der Waals surface area contributed by atoms with Crippen molar-refractivity contribution in [3.05, 3.63) is 80.9 Å². The molecule has 0 aliphatic rings. The van der Waals surface area contributed by atoms with E-state index in [0.29, 0.717) is 16.1 Å². The molecule has 0 amide bonds. The van der Waals surface area contributed by atoms with Gasteiger partial charge in [0, 0.05) is 17.4 Å². The van der Waals surface area contributed by atoms with Crippen LogP contribution in [0.15, 0.2) is 64.8 Å². The Bertz CT molecular complexity index is 1220. The summed E-state index contributed by atoms with van der Waals surface area (Å²) in [7, 11) is 0. The SMILES string of the molecule is C[C@H](Sc1nc2ccccc2c(=O)n1-c1ncn[nH]1)c1cccc([N+](=O)[O-])c1. The normalized spacial score (nSPS) is 12.2. The van der Waals surface area contributed by atoms with Crippen molar-refractivity contribution in [2.45, 2.75) is 17.3 Å². The van der Waals surface area contributed by atoms with Gasteiger partial charge in [0.15, 0.2) is 5.16 Å². The Morgan fingerprint density at radius 1 is 1.21 bits per heavy atom. The summed E-state index contributed by atoms with van der Waals surface area (Å²) in [6.07, 6.45) is 1.31. The van der Waals surface area contributed by atoms with Crippen molar-refractivity contribution in [3.8, 4) is 5.95 Å². The van der Waals surface area contributed by atoms with Crippen LogP contribution in [0.25, 0.3) is 16.9 Å². The molecule has 4 rings (SSSR count). The second kappa shape index (κ2) is 7.24. The first-order valence-corrected chi connectivity index (χ1v) is 9.21. The highest BCUT2D eigenvalue weighted by Crippen LogP contribution is 2.35. The Morgan fingerprint density at radius 2 is 2.04 bits per heavy atom. The monoisotopic (exact) mass is 394 g/mol. The topological polar surface area (TPSA) is 120 Å². The number of H-pyrrole nitrogens is 1. The maximum atomic E-state index is 13.0. The molecule has 2 heterocycles. The second-order valence-electron chi connectivity index (χ2n) is 5.97. The van der Waals surface area contributed by atoms with Gasteiger partial charge in [0.25, 0.3) is 11.2 Å². The first-order valence-electron chi connectivity index (χ1n) is 8.33. The molecular formula is C18H14N6O3S. The summed E-state index contributed by atoms with van der Waals surface area (Å²) < 4.78 is 1.37. The van der Waals surface area contributed by atoms with Crippen molar-refractivity contribution in [1.29, 1.82) is 0 Å². The van der Waals surface area contributed by atoms with E-state index < -0.39 is 4.92 Å². The van der Waals surface area contributed by atoms with E-state index in [4.69, 9.17) is 0 Å². The van der Waals surface area contributed by atoms with Gasteiger partial charge in [-0.2, -0.15) is 10.1 Å². The molecule has 4 aromatic rings. The predicted molar refractivity (Wildman–Crippen MR) is 105 cm³/mol. The Morgan fingerprint density at radius 3 is 2.79 bits per heavy atom. The number of aromatic nitrogens is 5. The number of non-ortho nitro benzene ring substituents is 1. The molecule has 0 fully saturated rings. The number of thioether (sulfide) groups is 1. The smallest absolute Gasteiger partial charge is 0.268 e. The van der Waals surface area contributed by atoms with E-state index in [1.54, 1.807) is 24.3 Å². The van der Waals surface area contributed by atoms with Gasteiger partial charge in [-0.05, 0) is 24.6 Å². The van der Waals surface area contributed by atoms with Crippen molar-refractivity contribution in [2.24, 2.45) is 0 Å². The number of fused-ring (bicyclic) bond motifs is 1. The van der Waals surface area contributed by atoms with Crippen LogP contribution in [0.4, 0.5) is 5.69 Å². The molecule has 9 nitrogen and oxygen atoms in total. The molecule has 2 aromatic carbocycles. The molecule has 0 spiro atoms. The summed E-state index contributed by atoms with van der Waals surface area (Å²) in [5.41, 5.74) is 1.07. The minimum Gasteiger partial charge on any atom is -0.268 e. The Balaban J connectivity index is 1.82. The van der Waals surface area contributed by atoms with Crippen LogP contribution in [-0.2, 0) is 0 Å². The Kier molecular flexibility index (Phi) is 4.62. The van der Waals surface area contributed by atoms with Crippen LogP contribution >= 0.6 is 11.8 Å². The summed E-state index contributed by atoms with van der Waals surface area (Å²) in [4.78, 5) is 32.4. The number of nitrogens with one attached hydrogen (secondary N) is 1. The number of para-hydroxylation sites is 1. The molecule has 140 valence electrons. The number of nitro benzene ring substituents is 1. The standard InChI is InChI=1S/C18H14N6O3S/c1-11(12-5-4-6-13(9-12)24(26)27)28-18-21-15-8-3-2-7-14(15)16(25)23(18)17-19-10-20-22-17/h2-11H,1H3,(H,19,20,22)/t11-/m0/s1. The van der Waals surface area contributed by atoms with Gasteiger partial charge in [-0.3, -0.25) is 14.9 Å². The molecule has 0 aliphatic carbocycles. The Labute approximate surface area is 162 Å². The zero-order valence-corrected chi connectivity index (χ0v) is 15.5. The molecule has 1 N–H and O–H groups in total. The molecule has 0 radical (unpaired) electrons. The number of rotatable bonds is 5.